The fourth-order valence-electron chi connectivity index (χ4n) is 1.37. The number of nitrogens with two attached hydrogens (primary N) is 1. The Balaban J connectivity index is 2.19. The molecular weight excluding hydrogens is 214 g/mol. The summed E-state index contributed by atoms with van der Waals surface area (Å²) >= 11 is 0. The lowest BCUT2D eigenvalue weighted by Gasteiger charge is -2.10. The molecule has 0 heterocycles. The lowest BCUT2D eigenvalue weighted by Crippen LogP contribution is -2.09. The molecule has 17 heavy (non-hydrogen) atoms. The van der Waals surface area contributed by atoms with Gasteiger partial charge >= 0.3 is 0 Å². The average Bonchev–Trinajstić information content (AvgIpc) is 2.33. The Morgan fingerprint density at radius 3 is 2.71 bits per heavy atom. The van der Waals surface area contributed by atoms with Gasteiger partial charge in [-0.3, -0.25) is 0 Å². The summed E-state index contributed by atoms with van der Waals surface area (Å²) in [6, 6.07) is 7.79. The summed E-state index contributed by atoms with van der Waals surface area (Å²) in [5.41, 5.74) is 7.78. The first-order valence-electron chi connectivity index (χ1n) is 5.87. The summed E-state index contributed by atoms with van der Waals surface area (Å²) < 4.78 is 11.0. The molecule has 0 saturated carbocycles. The summed E-state index contributed by atoms with van der Waals surface area (Å²) in [7, 11) is 0. The van der Waals surface area contributed by atoms with Gasteiger partial charge in [-0.25, -0.2) is 0 Å². The number of hydrogen-bond donors (Lipinski definition) is 1. The number of hydrogen-bond acceptors (Lipinski definition) is 3. The van der Waals surface area contributed by atoms with E-state index in [-0.39, 0.29) is 0 Å². The second kappa shape index (κ2) is 7.87. The minimum absolute atomic E-state index is 0.493. The Kier molecular flexibility index (Phi) is 6.37. The highest BCUT2D eigenvalue weighted by molar-refractivity contribution is 5.32. The van der Waals surface area contributed by atoms with Crippen molar-refractivity contribution in [3.05, 3.63) is 42.0 Å². The van der Waals surface area contributed by atoms with Crippen LogP contribution in [0.25, 0.3) is 0 Å². The van der Waals surface area contributed by atoms with Crippen molar-refractivity contribution in [2.75, 3.05) is 19.8 Å². The minimum atomic E-state index is 0.493. The zero-order valence-corrected chi connectivity index (χ0v) is 10.4. The first-order chi connectivity index (χ1) is 8.24. The summed E-state index contributed by atoms with van der Waals surface area (Å²) in [4.78, 5) is 0. The maximum atomic E-state index is 5.61. The predicted octanol–water partition coefficient (Wildman–Crippen LogP) is 2.51. The van der Waals surface area contributed by atoms with Crippen LogP contribution in [0, 0.1) is 0 Å². The minimum Gasteiger partial charge on any atom is -0.491 e. The van der Waals surface area contributed by atoms with E-state index in [1.165, 1.54) is 0 Å². The topological polar surface area (TPSA) is 44.5 Å². The standard InChI is InChI=1S/C14H21NO2/c1-12(2)7-8-16-9-10-17-14-6-4-3-5-13(14)11-15/h3-6H,1,7-11,15H2,2H3. The number of benzene rings is 1. The van der Waals surface area contributed by atoms with Crippen LogP contribution in [0.5, 0.6) is 5.75 Å². The maximum Gasteiger partial charge on any atom is 0.123 e. The van der Waals surface area contributed by atoms with Crippen molar-refractivity contribution in [3.8, 4) is 5.75 Å². The van der Waals surface area contributed by atoms with Gasteiger partial charge in [0.15, 0.2) is 0 Å². The van der Waals surface area contributed by atoms with Crippen LogP contribution in [0.4, 0.5) is 0 Å². The maximum absolute atomic E-state index is 5.61. The second-order valence-corrected chi connectivity index (χ2v) is 3.98. The molecule has 0 unspecified atom stereocenters. The first kappa shape index (κ1) is 13.7. The van der Waals surface area contributed by atoms with Gasteiger partial charge in [0.2, 0.25) is 0 Å². The molecule has 94 valence electrons. The van der Waals surface area contributed by atoms with Gasteiger partial charge in [-0.1, -0.05) is 23.8 Å². The number of rotatable bonds is 8. The van der Waals surface area contributed by atoms with E-state index in [1.54, 1.807) is 0 Å². The third kappa shape index (κ3) is 5.52. The Bertz CT molecular complexity index is 350. The van der Waals surface area contributed by atoms with Crippen LogP contribution in [-0.2, 0) is 11.3 Å². The van der Waals surface area contributed by atoms with Gasteiger partial charge in [-0.2, -0.15) is 0 Å². The molecule has 0 radical (unpaired) electrons. The molecule has 0 fully saturated rings. The van der Waals surface area contributed by atoms with E-state index in [4.69, 9.17) is 15.2 Å². The molecule has 2 N–H and O–H groups in total. The molecule has 0 aromatic heterocycles. The molecule has 0 atom stereocenters. The van der Waals surface area contributed by atoms with Gasteiger partial charge < -0.3 is 15.2 Å². The smallest absolute Gasteiger partial charge is 0.123 e. The molecule has 0 aliphatic carbocycles. The van der Waals surface area contributed by atoms with Crippen LogP contribution in [0.15, 0.2) is 36.4 Å². The summed E-state index contributed by atoms with van der Waals surface area (Å²) in [5.74, 6) is 0.846. The van der Waals surface area contributed by atoms with Crippen molar-refractivity contribution in [2.45, 2.75) is 19.9 Å². The van der Waals surface area contributed by atoms with Crippen LogP contribution in [-0.4, -0.2) is 19.8 Å². The molecule has 3 nitrogen and oxygen atoms in total. The quantitative estimate of drug-likeness (QED) is 0.556. The molecule has 0 saturated heterocycles. The highest BCUT2D eigenvalue weighted by Gasteiger charge is 2.00. The van der Waals surface area contributed by atoms with Crippen molar-refractivity contribution in [3.63, 3.8) is 0 Å². The predicted molar refractivity (Wildman–Crippen MR) is 70.1 cm³/mol. The molecule has 0 spiro atoms. The molecule has 0 aliphatic heterocycles. The van der Waals surface area contributed by atoms with Gasteiger partial charge in [0.05, 0.1) is 13.2 Å². The molecule has 3 heteroatoms. The zero-order valence-electron chi connectivity index (χ0n) is 10.4. The van der Waals surface area contributed by atoms with Gasteiger partial charge in [0.25, 0.3) is 0 Å². The van der Waals surface area contributed by atoms with E-state index in [0.717, 1.165) is 23.3 Å². The monoisotopic (exact) mass is 235 g/mol. The van der Waals surface area contributed by atoms with E-state index >= 15 is 0 Å². The Labute approximate surface area is 103 Å². The molecule has 0 amide bonds. The van der Waals surface area contributed by atoms with Crippen molar-refractivity contribution < 1.29 is 9.47 Å². The van der Waals surface area contributed by atoms with Crippen LogP contribution >= 0.6 is 0 Å². The average molecular weight is 235 g/mol. The van der Waals surface area contributed by atoms with E-state index in [9.17, 15) is 0 Å². The Hall–Kier alpha value is -1.32. The SMILES string of the molecule is C=C(C)CCOCCOc1ccccc1CN. The fraction of sp³-hybridized carbons (Fsp3) is 0.429. The molecule has 0 aliphatic rings. The number of ether oxygens (including phenoxy) is 2. The number of para-hydroxylation sites is 1. The first-order valence-corrected chi connectivity index (χ1v) is 5.87. The van der Waals surface area contributed by atoms with Crippen molar-refractivity contribution in [1.29, 1.82) is 0 Å². The van der Waals surface area contributed by atoms with Crippen LogP contribution in [0.1, 0.15) is 18.9 Å². The van der Waals surface area contributed by atoms with Gasteiger partial charge in [0.1, 0.15) is 12.4 Å². The lowest BCUT2D eigenvalue weighted by atomic mass is 10.2. The van der Waals surface area contributed by atoms with Gasteiger partial charge in [-0.05, 0) is 19.4 Å². The third-order valence-corrected chi connectivity index (χ3v) is 2.35. The lowest BCUT2D eigenvalue weighted by molar-refractivity contribution is 0.102. The zero-order chi connectivity index (χ0) is 12.5. The van der Waals surface area contributed by atoms with Crippen molar-refractivity contribution >= 4 is 0 Å². The van der Waals surface area contributed by atoms with Crippen molar-refractivity contribution in [1.82, 2.24) is 0 Å². The summed E-state index contributed by atoms with van der Waals surface area (Å²) in [6.07, 6.45) is 0.902. The summed E-state index contributed by atoms with van der Waals surface area (Å²) in [6.45, 7) is 8.15. The molecular formula is C14H21NO2. The molecule has 1 aromatic carbocycles. The third-order valence-electron chi connectivity index (χ3n) is 2.35. The van der Waals surface area contributed by atoms with Gasteiger partial charge in [0, 0.05) is 12.1 Å². The second-order valence-electron chi connectivity index (χ2n) is 3.98. The highest BCUT2D eigenvalue weighted by Crippen LogP contribution is 2.16. The highest BCUT2D eigenvalue weighted by atomic mass is 16.5. The summed E-state index contributed by atoms with van der Waals surface area (Å²) in [5, 5.41) is 0. The molecule has 1 aromatic rings. The van der Waals surface area contributed by atoms with E-state index in [1.807, 2.05) is 31.2 Å². The molecule has 0 bridgehead atoms. The van der Waals surface area contributed by atoms with Crippen LogP contribution in [0.2, 0.25) is 0 Å². The normalized spacial score (nSPS) is 10.2. The largest absolute Gasteiger partial charge is 0.491 e. The van der Waals surface area contributed by atoms with E-state index in [2.05, 4.69) is 6.58 Å². The van der Waals surface area contributed by atoms with E-state index < -0.39 is 0 Å². The molecule has 1 rings (SSSR count). The van der Waals surface area contributed by atoms with Gasteiger partial charge in [-0.15, -0.1) is 6.58 Å². The van der Waals surface area contributed by atoms with Crippen LogP contribution in [0.3, 0.4) is 0 Å². The Morgan fingerprint density at radius 1 is 1.24 bits per heavy atom. The van der Waals surface area contributed by atoms with Crippen LogP contribution < -0.4 is 10.5 Å². The van der Waals surface area contributed by atoms with Crippen molar-refractivity contribution in [2.24, 2.45) is 5.73 Å². The van der Waals surface area contributed by atoms with E-state index in [0.29, 0.717) is 26.4 Å². The Morgan fingerprint density at radius 2 is 2.00 bits per heavy atom. The fourth-order valence-corrected chi connectivity index (χ4v) is 1.37.